The van der Waals surface area contributed by atoms with Gasteiger partial charge in [-0.2, -0.15) is 0 Å². The number of benzene rings is 2. The van der Waals surface area contributed by atoms with E-state index in [1.165, 1.54) is 6.26 Å². The molecule has 2 aromatic carbocycles. The summed E-state index contributed by atoms with van der Waals surface area (Å²) in [5, 5.41) is 13.1. The van der Waals surface area contributed by atoms with Crippen LogP contribution in [0.5, 0.6) is 0 Å². The number of aryl methyl sites for hydroxylation is 1. The van der Waals surface area contributed by atoms with E-state index in [9.17, 15) is 9.90 Å². The average molecular weight is 365 g/mol. The monoisotopic (exact) mass is 365 g/mol. The Labute approximate surface area is 161 Å². The van der Waals surface area contributed by atoms with Crippen LogP contribution in [0.4, 0.5) is 0 Å². The van der Waals surface area contributed by atoms with Gasteiger partial charge in [-0.1, -0.05) is 55.1 Å². The summed E-state index contributed by atoms with van der Waals surface area (Å²) in [6.45, 7) is 8.24. The van der Waals surface area contributed by atoms with Gasteiger partial charge in [0.2, 0.25) is 0 Å². The molecule has 142 valence electrons. The number of rotatable bonds is 8. The largest absolute Gasteiger partial charge is 0.504 e. The molecule has 4 heteroatoms. The van der Waals surface area contributed by atoms with Gasteiger partial charge in [0.25, 0.3) is 5.91 Å². The Hall–Kier alpha value is -2.85. The van der Waals surface area contributed by atoms with Crippen molar-refractivity contribution < 1.29 is 14.6 Å². The summed E-state index contributed by atoms with van der Waals surface area (Å²) in [7, 11) is 1.55. The second kappa shape index (κ2) is 9.74. The molecule has 27 heavy (non-hydrogen) atoms. The molecule has 0 bridgehead atoms. The van der Waals surface area contributed by atoms with Gasteiger partial charge < -0.3 is 15.2 Å². The average Bonchev–Trinajstić information content (AvgIpc) is 2.67. The lowest BCUT2D eigenvalue weighted by Gasteiger charge is -2.13. The van der Waals surface area contributed by atoms with Crippen LogP contribution >= 0.6 is 0 Å². The zero-order valence-corrected chi connectivity index (χ0v) is 16.2. The van der Waals surface area contributed by atoms with Gasteiger partial charge in [0.05, 0.1) is 19.5 Å². The van der Waals surface area contributed by atoms with E-state index in [0.29, 0.717) is 18.5 Å². The van der Waals surface area contributed by atoms with Crippen LogP contribution in [-0.4, -0.2) is 24.2 Å². The molecule has 0 aromatic heterocycles. The Bertz CT molecular complexity index is 839. The summed E-state index contributed by atoms with van der Waals surface area (Å²) in [6.07, 6.45) is 1.34. The maximum absolute atomic E-state index is 12.5. The molecule has 2 N–H and O–H groups in total. The maximum atomic E-state index is 12.5. The summed E-state index contributed by atoms with van der Waals surface area (Å²) in [6, 6.07) is 15.5. The van der Waals surface area contributed by atoms with Gasteiger partial charge in [-0.15, -0.1) is 0 Å². The molecular formula is C23H27NO3. The number of hydrogen-bond acceptors (Lipinski definition) is 3. The number of hydrogen-bond donors (Lipinski definition) is 2. The van der Waals surface area contributed by atoms with E-state index in [0.717, 1.165) is 27.8 Å². The van der Waals surface area contributed by atoms with E-state index in [1.807, 2.05) is 62.4 Å². The van der Waals surface area contributed by atoms with Crippen molar-refractivity contribution in [1.29, 1.82) is 0 Å². The Balaban J connectivity index is 2.02. The minimum Gasteiger partial charge on any atom is -0.504 e. The molecule has 0 spiro atoms. The molecule has 0 aliphatic rings. The molecule has 2 aromatic rings. The predicted octanol–water partition coefficient (Wildman–Crippen LogP) is 3.78. The van der Waals surface area contributed by atoms with Crippen LogP contribution in [0, 0.1) is 6.92 Å². The lowest BCUT2D eigenvalue weighted by atomic mass is 9.98. The number of amides is 1. The summed E-state index contributed by atoms with van der Waals surface area (Å²) >= 11 is 0. The molecule has 0 saturated heterocycles. The standard InChI is InChI=1S/C23H27NO3/c1-16-8-5-6-10-21(16)14-24-23(26)18(3)20-11-7-9-19(12-20)13-22(25)17(2)15-27-4/h5-12,15,22,25H,3,13-14H2,1-2,4H3,(H,24,26)/b17-15+. The maximum Gasteiger partial charge on any atom is 0.251 e. The molecule has 1 atom stereocenters. The highest BCUT2D eigenvalue weighted by atomic mass is 16.5. The minimum absolute atomic E-state index is 0.202. The number of carbonyl (C=O) groups excluding carboxylic acids is 1. The van der Waals surface area contributed by atoms with E-state index >= 15 is 0 Å². The van der Waals surface area contributed by atoms with Gasteiger partial charge >= 0.3 is 0 Å². The summed E-state index contributed by atoms with van der Waals surface area (Å²) in [5.74, 6) is -0.202. The second-order valence-corrected chi connectivity index (χ2v) is 6.61. The topological polar surface area (TPSA) is 58.6 Å². The quantitative estimate of drug-likeness (QED) is 0.553. The van der Waals surface area contributed by atoms with Gasteiger partial charge in [0.15, 0.2) is 0 Å². The molecule has 0 fully saturated rings. The van der Waals surface area contributed by atoms with Gasteiger partial charge in [0.1, 0.15) is 0 Å². The van der Waals surface area contributed by atoms with Crippen molar-refractivity contribution >= 4 is 11.5 Å². The van der Waals surface area contributed by atoms with Crippen LogP contribution in [0.25, 0.3) is 5.57 Å². The van der Waals surface area contributed by atoms with Crippen molar-refractivity contribution in [1.82, 2.24) is 5.32 Å². The Morgan fingerprint density at radius 2 is 2.00 bits per heavy atom. The van der Waals surface area contributed by atoms with Crippen LogP contribution in [0.15, 0.2) is 66.9 Å². The third kappa shape index (κ3) is 5.83. The fraction of sp³-hybridized carbons (Fsp3) is 0.261. The smallest absolute Gasteiger partial charge is 0.251 e. The van der Waals surface area contributed by atoms with E-state index in [2.05, 4.69) is 11.9 Å². The number of aliphatic hydroxyl groups excluding tert-OH is 1. The van der Waals surface area contributed by atoms with Crippen molar-refractivity contribution in [3.8, 4) is 0 Å². The molecule has 0 heterocycles. The molecule has 0 radical (unpaired) electrons. The minimum atomic E-state index is -0.636. The Morgan fingerprint density at radius 1 is 1.26 bits per heavy atom. The first-order chi connectivity index (χ1) is 12.9. The van der Waals surface area contributed by atoms with E-state index in [1.54, 1.807) is 7.11 Å². The Morgan fingerprint density at radius 3 is 2.70 bits per heavy atom. The molecule has 1 unspecified atom stereocenters. The number of carbonyl (C=O) groups is 1. The first-order valence-electron chi connectivity index (χ1n) is 8.90. The molecule has 2 rings (SSSR count). The fourth-order valence-electron chi connectivity index (χ4n) is 2.76. The van der Waals surface area contributed by atoms with E-state index < -0.39 is 6.10 Å². The summed E-state index contributed by atoms with van der Waals surface area (Å²) in [5.41, 5.74) is 5.05. The van der Waals surface area contributed by atoms with Crippen LogP contribution in [-0.2, 0) is 22.5 Å². The van der Waals surface area contributed by atoms with Crippen molar-refractivity contribution in [2.45, 2.75) is 32.9 Å². The third-order valence-electron chi connectivity index (χ3n) is 4.51. The highest BCUT2D eigenvalue weighted by molar-refractivity contribution is 6.18. The van der Waals surface area contributed by atoms with E-state index in [4.69, 9.17) is 4.74 Å². The van der Waals surface area contributed by atoms with Crippen LogP contribution < -0.4 is 5.32 Å². The third-order valence-corrected chi connectivity index (χ3v) is 4.51. The molecule has 0 aliphatic carbocycles. The lowest BCUT2D eigenvalue weighted by molar-refractivity contribution is -0.115. The van der Waals surface area contributed by atoms with E-state index in [-0.39, 0.29) is 5.91 Å². The zero-order valence-electron chi connectivity index (χ0n) is 16.2. The Kier molecular flexibility index (Phi) is 7.38. The SMILES string of the molecule is C=C(C(=O)NCc1ccccc1C)c1cccc(CC(O)/C(C)=C/OC)c1. The van der Waals surface area contributed by atoms with Crippen LogP contribution in [0.2, 0.25) is 0 Å². The predicted molar refractivity (Wildman–Crippen MR) is 109 cm³/mol. The fourth-order valence-corrected chi connectivity index (χ4v) is 2.76. The summed E-state index contributed by atoms with van der Waals surface area (Å²) < 4.78 is 4.94. The highest BCUT2D eigenvalue weighted by Crippen LogP contribution is 2.18. The highest BCUT2D eigenvalue weighted by Gasteiger charge is 2.12. The zero-order chi connectivity index (χ0) is 19.8. The first-order valence-corrected chi connectivity index (χ1v) is 8.90. The number of ether oxygens (including phenoxy) is 1. The molecule has 0 saturated carbocycles. The molecular weight excluding hydrogens is 338 g/mol. The van der Waals surface area contributed by atoms with Crippen LogP contribution in [0.3, 0.4) is 0 Å². The van der Waals surface area contributed by atoms with Crippen molar-refractivity contribution in [3.63, 3.8) is 0 Å². The molecule has 1 amide bonds. The number of methoxy groups -OCH3 is 1. The normalized spacial score (nSPS) is 12.4. The second-order valence-electron chi connectivity index (χ2n) is 6.61. The first kappa shape index (κ1) is 20.5. The lowest BCUT2D eigenvalue weighted by Crippen LogP contribution is -2.24. The van der Waals surface area contributed by atoms with Gasteiger partial charge in [-0.05, 0) is 41.7 Å². The molecule has 0 aliphatic heterocycles. The van der Waals surface area contributed by atoms with Crippen molar-refractivity contribution in [2.24, 2.45) is 0 Å². The number of aliphatic hydroxyl groups is 1. The summed E-state index contributed by atoms with van der Waals surface area (Å²) in [4.78, 5) is 12.5. The van der Waals surface area contributed by atoms with Gasteiger partial charge in [-0.25, -0.2) is 0 Å². The molecule has 4 nitrogen and oxygen atoms in total. The van der Waals surface area contributed by atoms with Gasteiger partial charge in [-0.3, -0.25) is 4.79 Å². The van der Waals surface area contributed by atoms with Crippen molar-refractivity contribution in [3.05, 3.63) is 89.2 Å². The van der Waals surface area contributed by atoms with Gasteiger partial charge in [0, 0.05) is 18.5 Å². The van der Waals surface area contributed by atoms with Crippen LogP contribution in [0.1, 0.15) is 29.2 Å². The van der Waals surface area contributed by atoms with Crippen molar-refractivity contribution in [2.75, 3.05) is 7.11 Å². The number of nitrogens with one attached hydrogen (secondary N) is 1.